The summed E-state index contributed by atoms with van der Waals surface area (Å²) in [5.74, 6) is 0.863. The second-order valence-corrected chi connectivity index (χ2v) is 6.53. The molecule has 0 radical (unpaired) electrons. The summed E-state index contributed by atoms with van der Waals surface area (Å²) in [4.78, 5) is 4.63. The zero-order chi connectivity index (χ0) is 17.1. The van der Waals surface area contributed by atoms with E-state index < -0.39 is 0 Å². The van der Waals surface area contributed by atoms with E-state index in [-0.39, 0.29) is 0 Å². The molecular weight excluding hydrogens is 314 g/mol. The molecule has 5 heteroatoms. The molecule has 0 spiro atoms. The number of aryl methyl sites for hydroxylation is 1. The summed E-state index contributed by atoms with van der Waals surface area (Å²) in [5.41, 5.74) is 4.33. The molecule has 3 heterocycles. The Morgan fingerprint density at radius 3 is 2.92 bits per heavy atom. The average molecular weight is 337 g/mol. The Morgan fingerprint density at radius 1 is 1.28 bits per heavy atom. The number of rotatable bonds is 6. The molecule has 1 atom stereocenters. The molecule has 4 rings (SSSR count). The van der Waals surface area contributed by atoms with Crippen molar-refractivity contribution in [3.8, 4) is 5.75 Å². The minimum absolute atomic E-state index is 0.470. The Kier molecular flexibility index (Phi) is 4.68. The molecule has 3 aromatic rings. The summed E-state index contributed by atoms with van der Waals surface area (Å²) in [7, 11) is 0. The van der Waals surface area contributed by atoms with E-state index >= 15 is 0 Å². The molecule has 25 heavy (non-hydrogen) atoms. The molecule has 1 saturated heterocycles. The van der Waals surface area contributed by atoms with Crippen molar-refractivity contribution in [3.05, 3.63) is 65.6 Å². The predicted octanol–water partition coefficient (Wildman–Crippen LogP) is 3.10. The lowest BCUT2D eigenvalue weighted by atomic mass is 10.2. The maximum atomic E-state index is 5.88. The second kappa shape index (κ2) is 7.25. The van der Waals surface area contributed by atoms with Gasteiger partial charge in [0, 0.05) is 31.6 Å². The van der Waals surface area contributed by atoms with E-state index in [1.54, 1.807) is 0 Å². The van der Waals surface area contributed by atoms with Crippen LogP contribution in [0, 0.1) is 6.92 Å². The first-order valence-corrected chi connectivity index (χ1v) is 8.74. The number of ether oxygens (including phenoxy) is 2. The van der Waals surface area contributed by atoms with Crippen LogP contribution in [0.3, 0.4) is 0 Å². The molecule has 1 unspecified atom stereocenters. The van der Waals surface area contributed by atoms with E-state index in [0.717, 1.165) is 43.3 Å². The molecule has 0 saturated carbocycles. The Hall–Kier alpha value is -2.37. The number of aromatic nitrogens is 2. The third kappa shape index (κ3) is 3.83. The summed E-state index contributed by atoms with van der Waals surface area (Å²) in [6, 6.07) is 12.8. The number of nitrogens with one attached hydrogen (secondary N) is 1. The van der Waals surface area contributed by atoms with E-state index in [1.807, 2.05) is 35.0 Å². The highest BCUT2D eigenvalue weighted by molar-refractivity contribution is 5.47. The first kappa shape index (κ1) is 16.1. The van der Waals surface area contributed by atoms with E-state index in [4.69, 9.17) is 9.47 Å². The van der Waals surface area contributed by atoms with Gasteiger partial charge in [0.05, 0.1) is 12.3 Å². The van der Waals surface area contributed by atoms with Crippen LogP contribution in [0.4, 0.5) is 0 Å². The summed E-state index contributed by atoms with van der Waals surface area (Å²) < 4.78 is 13.3. The van der Waals surface area contributed by atoms with Gasteiger partial charge in [0.15, 0.2) is 0 Å². The van der Waals surface area contributed by atoms with Crippen molar-refractivity contribution in [1.29, 1.82) is 0 Å². The second-order valence-electron chi connectivity index (χ2n) is 6.53. The maximum Gasteiger partial charge on any atom is 0.140 e. The van der Waals surface area contributed by atoms with Gasteiger partial charge < -0.3 is 19.2 Å². The molecule has 1 aliphatic heterocycles. The van der Waals surface area contributed by atoms with Crippen LogP contribution < -0.4 is 10.1 Å². The van der Waals surface area contributed by atoms with E-state index in [9.17, 15) is 0 Å². The van der Waals surface area contributed by atoms with Gasteiger partial charge in [-0.3, -0.25) is 0 Å². The van der Waals surface area contributed by atoms with Crippen LogP contribution in [0.5, 0.6) is 5.75 Å². The van der Waals surface area contributed by atoms with Gasteiger partial charge in [-0.15, -0.1) is 0 Å². The van der Waals surface area contributed by atoms with E-state index in [2.05, 4.69) is 35.4 Å². The van der Waals surface area contributed by atoms with Crippen molar-refractivity contribution < 1.29 is 9.47 Å². The van der Waals surface area contributed by atoms with Gasteiger partial charge in [-0.05, 0) is 42.7 Å². The summed E-state index contributed by atoms with van der Waals surface area (Å²) >= 11 is 0. The maximum absolute atomic E-state index is 5.88. The molecule has 1 N–H and O–H groups in total. The van der Waals surface area contributed by atoms with Crippen LogP contribution in [-0.2, 0) is 17.9 Å². The van der Waals surface area contributed by atoms with Crippen molar-refractivity contribution in [1.82, 2.24) is 14.7 Å². The number of pyridine rings is 1. The fraction of sp³-hybridized carbons (Fsp3) is 0.350. The first-order chi connectivity index (χ1) is 12.3. The highest BCUT2D eigenvalue weighted by Gasteiger charge is 2.14. The normalized spacial score (nSPS) is 17.2. The number of imidazole rings is 1. The number of benzene rings is 1. The standard InChI is InChI=1S/C20H23N3O2/c1-15-3-2-9-23-12-18(22-20(15)23)14-25-19-6-4-16(5-7-19)11-21-17-8-10-24-13-17/h2-7,9,12,17,21H,8,10-11,13-14H2,1H3. The van der Waals surface area contributed by atoms with Crippen molar-refractivity contribution in [2.24, 2.45) is 0 Å². The molecule has 0 aliphatic carbocycles. The fourth-order valence-electron chi connectivity index (χ4n) is 3.09. The van der Waals surface area contributed by atoms with Gasteiger partial charge in [-0.2, -0.15) is 0 Å². The summed E-state index contributed by atoms with van der Waals surface area (Å²) in [6.45, 7) is 5.09. The SMILES string of the molecule is Cc1cccn2cc(COc3ccc(CNC4CCOC4)cc3)nc12. The predicted molar refractivity (Wildman–Crippen MR) is 96.8 cm³/mol. The van der Waals surface area contributed by atoms with E-state index in [1.165, 1.54) is 11.1 Å². The van der Waals surface area contributed by atoms with Gasteiger partial charge in [0.25, 0.3) is 0 Å². The molecule has 1 aromatic carbocycles. The Labute approximate surface area is 147 Å². The van der Waals surface area contributed by atoms with Gasteiger partial charge in [0.2, 0.25) is 0 Å². The number of hydrogen-bond acceptors (Lipinski definition) is 4. The largest absolute Gasteiger partial charge is 0.487 e. The number of hydrogen-bond donors (Lipinski definition) is 1. The highest BCUT2D eigenvalue weighted by atomic mass is 16.5. The minimum atomic E-state index is 0.470. The molecule has 1 fully saturated rings. The van der Waals surface area contributed by atoms with Crippen LogP contribution in [-0.4, -0.2) is 28.6 Å². The third-order valence-corrected chi connectivity index (χ3v) is 4.56. The first-order valence-electron chi connectivity index (χ1n) is 8.74. The zero-order valence-corrected chi connectivity index (χ0v) is 14.4. The minimum Gasteiger partial charge on any atom is -0.487 e. The number of fused-ring (bicyclic) bond motifs is 1. The van der Waals surface area contributed by atoms with Crippen LogP contribution in [0.1, 0.15) is 23.2 Å². The average Bonchev–Trinajstić information content (AvgIpc) is 3.29. The number of nitrogens with zero attached hydrogens (tertiary/aromatic N) is 2. The van der Waals surface area contributed by atoms with Crippen molar-refractivity contribution in [2.75, 3.05) is 13.2 Å². The fourth-order valence-corrected chi connectivity index (χ4v) is 3.09. The molecule has 2 aromatic heterocycles. The smallest absolute Gasteiger partial charge is 0.140 e. The highest BCUT2D eigenvalue weighted by Crippen LogP contribution is 2.16. The van der Waals surface area contributed by atoms with Crippen LogP contribution in [0.15, 0.2) is 48.8 Å². The van der Waals surface area contributed by atoms with Crippen molar-refractivity contribution in [3.63, 3.8) is 0 Å². The molecule has 0 amide bonds. The molecule has 130 valence electrons. The Morgan fingerprint density at radius 2 is 2.16 bits per heavy atom. The monoisotopic (exact) mass is 337 g/mol. The van der Waals surface area contributed by atoms with Crippen LogP contribution >= 0.6 is 0 Å². The quantitative estimate of drug-likeness (QED) is 0.751. The Bertz CT molecular complexity index is 836. The van der Waals surface area contributed by atoms with E-state index in [0.29, 0.717) is 12.6 Å². The summed E-state index contributed by atoms with van der Waals surface area (Å²) in [6.07, 6.45) is 5.12. The topological polar surface area (TPSA) is 47.8 Å². The van der Waals surface area contributed by atoms with Gasteiger partial charge in [0.1, 0.15) is 18.0 Å². The molecule has 1 aliphatic rings. The van der Waals surface area contributed by atoms with Gasteiger partial charge in [-0.1, -0.05) is 18.2 Å². The van der Waals surface area contributed by atoms with Crippen LogP contribution in [0.25, 0.3) is 5.65 Å². The molecule has 0 bridgehead atoms. The van der Waals surface area contributed by atoms with Crippen LogP contribution in [0.2, 0.25) is 0 Å². The van der Waals surface area contributed by atoms with Gasteiger partial charge in [-0.25, -0.2) is 4.98 Å². The molecule has 5 nitrogen and oxygen atoms in total. The van der Waals surface area contributed by atoms with Gasteiger partial charge >= 0.3 is 0 Å². The zero-order valence-electron chi connectivity index (χ0n) is 14.4. The summed E-state index contributed by atoms with van der Waals surface area (Å²) in [5, 5.41) is 3.52. The van der Waals surface area contributed by atoms with Crippen molar-refractivity contribution in [2.45, 2.75) is 32.5 Å². The Balaban J connectivity index is 1.33. The van der Waals surface area contributed by atoms with Crippen molar-refractivity contribution >= 4 is 5.65 Å². The lowest BCUT2D eigenvalue weighted by Gasteiger charge is -2.11. The lowest BCUT2D eigenvalue weighted by Crippen LogP contribution is -2.28. The molecular formula is C20H23N3O2. The third-order valence-electron chi connectivity index (χ3n) is 4.56. The lowest BCUT2D eigenvalue weighted by molar-refractivity contribution is 0.190.